The highest BCUT2D eigenvalue weighted by atomic mass is 16.5. The molecule has 0 bridgehead atoms. The molecule has 0 radical (unpaired) electrons. The van der Waals surface area contributed by atoms with Crippen LogP contribution in [-0.4, -0.2) is 60.5 Å². The van der Waals surface area contributed by atoms with E-state index in [-0.39, 0.29) is 0 Å². The van der Waals surface area contributed by atoms with Gasteiger partial charge in [0.2, 0.25) is 0 Å². The fraction of sp³-hybridized carbons (Fsp3) is 0.591. The Bertz CT molecular complexity index is 702. The van der Waals surface area contributed by atoms with Crippen LogP contribution in [0.15, 0.2) is 36.7 Å². The van der Waals surface area contributed by atoms with Gasteiger partial charge in [-0.2, -0.15) is 0 Å². The summed E-state index contributed by atoms with van der Waals surface area (Å²) in [5, 5.41) is 0. The first-order valence-corrected chi connectivity index (χ1v) is 10.3. The SMILES string of the molecule is COCCN1CCC(c2c(-c3ccccc3)ncn2C[C@H]2CCCO2)CC1. The van der Waals surface area contributed by atoms with E-state index in [0.717, 1.165) is 51.5 Å². The minimum Gasteiger partial charge on any atom is -0.383 e. The minimum atomic E-state index is 0.336. The van der Waals surface area contributed by atoms with E-state index in [1.165, 1.54) is 30.5 Å². The van der Waals surface area contributed by atoms with E-state index < -0.39 is 0 Å². The zero-order chi connectivity index (χ0) is 18.5. The number of piperidine rings is 1. The lowest BCUT2D eigenvalue weighted by Gasteiger charge is -2.32. The minimum absolute atomic E-state index is 0.336. The predicted octanol–water partition coefficient (Wildman–Crippen LogP) is 3.55. The van der Waals surface area contributed by atoms with Crippen molar-refractivity contribution in [3.8, 4) is 11.3 Å². The Kier molecular flexibility index (Phi) is 6.22. The molecule has 0 N–H and O–H groups in total. The van der Waals surface area contributed by atoms with Gasteiger partial charge in [0.05, 0.1) is 31.3 Å². The average Bonchev–Trinajstić information content (AvgIpc) is 3.38. The number of aromatic nitrogens is 2. The monoisotopic (exact) mass is 369 g/mol. The molecule has 2 aliphatic heterocycles. The van der Waals surface area contributed by atoms with Gasteiger partial charge in [-0.15, -0.1) is 0 Å². The van der Waals surface area contributed by atoms with Gasteiger partial charge < -0.3 is 18.9 Å². The number of rotatable bonds is 7. The van der Waals surface area contributed by atoms with Gasteiger partial charge in [-0.25, -0.2) is 4.98 Å². The molecule has 1 aromatic carbocycles. The molecule has 2 aromatic rings. The molecular weight excluding hydrogens is 338 g/mol. The van der Waals surface area contributed by atoms with Crippen molar-refractivity contribution >= 4 is 0 Å². The molecule has 1 atom stereocenters. The maximum atomic E-state index is 5.90. The maximum Gasteiger partial charge on any atom is 0.0957 e. The van der Waals surface area contributed by atoms with Crippen LogP contribution in [0.4, 0.5) is 0 Å². The Hall–Kier alpha value is -1.69. The second-order valence-corrected chi connectivity index (χ2v) is 7.74. The molecule has 2 fully saturated rings. The highest BCUT2D eigenvalue weighted by Crippen LogP contribution is 2.35. The van der Waals surface area contributed by atoms with Crippen LogP contribution >= 0.6 is 0 Å². The zero-order valence-electron chi connectivity index (χ0n) is 16.3. The van der Waals surface area contributed by atoms with Crippen LogP contribution in [0.3, 0.4) is 0 Å². The molecule has 0 aliphatic carbocycles. The first-order chi connectivity index (χ1) is 13.3. The first kappa shape index (κ1) is 18.7. The van der Waals surface area contributed by atoms with Gasteiger partial charge in [0.1, 0.15) is 0 Å². The van der Waals surface area contributed by atoms with E-state index in [1.807, 2.05) is 6.33 Å². The van der Waals surface area contributed by atoms with Crippen LogP contribution in [0.5, 0.6) is 0 Å². The van der Waals surface area contributed by atoms with Crippen LogP contribution in [0.1, 0.15) is 37.3 Å². The molecule has 5 heteroatoms. The molecular formula is C22H31N3O2. The van der Waals surface area contributed by atoms with Gasteiger partial charge in [0, 0.05) is 37.4 Å². The largest absolute Gasteiger partial charge is 0.383 e. The van der Waals surface area contributed by atoms with E-state index in [2.05, 4.69) is 39.8 Å². The van der Waals surface area contributed by atoms with Crippen molar-refractivity contribution in [3.05, 3.63) is 42.4 Å². The van der Waals surface area contributed by atoms with Crippen molar-refractivity contribution in [2.45, 2.75) is 44.2 Å². The van der Waals surface area contributed by atoms with Crippen LogP contribution in [0.25, 0.3) is 11.3 Å². The van der Waals surface area contributed by atoms with Crippen molar-refractivity contribution in [1.82, 2.24) is 14.5 Å². The summed E-state index contributed by atoms with van der Waals surface area (Å²) in [6.07, 6.45) is 7.08. The highest BCUT2D eigenvalue weighted by molar-refractivity contribution is 5.62. The van der Waals surface area contributed by atoms with Gasteiger partial charge in [0.25, 0.3) is 0 Å². The molecule has 0 spiro atoms. The van der Waals surface area contributed by atoms with Crippen molar-refractivity contribution in [1.29, 1.82) is 0 Å². The summed E-state index contributed by atoms with van der Waals surface area (Å²) in [4.78, 5) is 7.36. The molecule has 0 saturated carbocycles. The van der Waals surface area contributed by atoms with Gasteiger partial charge >= 0.3 is 0 Å². The second-order valence-electron chi connectivity index (χ2n) is 7.74. The number of nitrogens with zero attached hydrogens (tertiary/aromatic N) is 3. The fourth-order valence-corrected chi connectivity index (χ4v) is 4.44. The Morgan fingerprint density at radius 1 is 1.15 bits per heavy atom. The molecule has 0 unspecified atom stereocenters. The molecule has 2 aliphatic rings. The number of ether oxygens (including phenoxy) is 2. The number of methoxy groups -OCH3 is 1. The third-order valence-corrected chi connectivity index (χ3v) is 5.94. The molecule has 4 rings (SSSR count). The summed E-state index contributed by atoms with van der Waals surface area (Å²) >= 11 is 0. The lowest BCUT2D eigenvalue weighted by atomic mass is 9.90. The smallest absolute Gasteiger partial charge is 0.0957 e. The number of hydrogen-bond acceptors (Lipinski definition) is 4. The van der Waals surface area contributed by atoms with E-state index in [4.69, 9.17) is 14.5 Å². The number of hydrogen-bond donors (Lipinski definition) is 0. The molecule has 0 amide bonds. The van der Waals surface area contributed by atoms with E-state index in [1.54, 1.807) is 7.11 Å². The zero-order valence-corrected chi connectivity index (χ0v) is 16.3. The van der Waals surface area contributed by atoms with Crippen LogP contribution < -0.4 is 0 Å². The molecule has 146 valence electrons. The fourth-order valence-electron chi connectivity index (χ4n) is 4.44. The van der Waals surface area contributed by atoms with Crippen molar-refractivity contribution in [2.75, 3.05) is 40.0 Å². The number of imidazole rings is 1. The van der Waals surface area contributed by atoms with Crippen molar-refractivity contribution in [3.63, 3.8) is 0 Å². The van der Waals surface area contributed by atoms with Gasteiger partial charge in [-0.05, 0) is 38.8 Å². The Balaban J connectivity index is 1.56. The van der Waals surface area contributed by atoms with Crippen molar-refractivity contribution < 1.29 is 9.47 Å². The Labute approximate surface area is 162 Å². The topological polar surface area (TPSA) is 39.5 Å². The van der Waals surface area contributed by atoms with Crippen LogP contribution in [-0.2, 0) is 16.0 Å². The summed E-state index contributed by atoms with van der Waals surface area (Å²) in [6.45, 7) is 5.94. The highest BCUT2D eigenvalue weighted by Gasteiger charge is 2.28. The lowest BCUT2D eigenvalue weighted by Crippen LogP contribution is -2.36. The third-order valence-electron chi connectivity index (χ3n) is 5.94. The Morgan fingerprint density at radius 3 is 2.67 bits per heavy atom. The van der Waals surface area contributed by atoms with Gasteiger partial charge in [-0.3, -0.25) is 0 Å². The summed E-state index contributed by atoms with van der Waals surface area (Å²) in [5.41, 5.74) is 3.78. The molecule has 1 aromatic heterocycles. The number of likely N-dealkylation sites (tertiary alicyclic amines) is 1. The molecule has 5 nitrogen and oxygen atoms in total. The van der Waals surface area contributed by atoms with E-state index in [9.17, 15) is 0 Å². The normalized spacial score (nSPS) is 21.7. The number of benzene rings is 1. The van der Waals surface area contributed by atoms with Gasteiger partial charge in [0.15, 0.2) is 0 Å². The van der Waals surface area contributed by atoms with E-state index >= 15 is 0 Å². The molecule has 3 heterocycles. The average molecular weight is 370 g/mol. The molecule has 2 saturated heterocycles. The Morgan fingerprint density at radius 2 is 1.96 bits per heavy atom. The summed E-state index contributed by atoms with van der Waals surface area (Å²) in [7, 11) is 1.78. The first-order valence-electron chi connectivity index (χ1n) is 10.3. The predicted molar refractivity (Wildman–Crippen MR) is 107 cm³/mol. The standard InChI is InChI=1S/C22H31N3O2/c1-26-15-13-24-11-9-19(10-12-24)22-21(18-6-3-2-4-7-18)23-17-25(22)16-20-8-5-14-27-20/h2-4,6-7,17,19-20H,5,8-16H2,1H3/t20-/m1/s1. The summed E-state index contributed by atoms with van der Waals surface area (Å²) in [5.74, 6) is 0.558. The summed E-state index contributed by atoms with van der Waals surface area (Å²) in [6, 6.07) is 10.6. The second kappa shape index (κ2) is 9.00. The van der Waals surface area contributed by atoms with Crippen LogP contribution in [0, 0.1) is 0 Å². The van der Waals surface area contributed by atoms with Gasteiger partial charge in [-0.1, -0.05) is 30.3 Å². The molecule has 27 heavy (non-hydrogen) atoms. The third kappa shape index (κ3) is 4.42. The van der Waals surface area contributed by atoms with E-state index in [0.29, 0.717) is 12.0 Å². The quantitative estimate of drug-likeness (QED) is 0.748. The summed E-state index contributed by atoms with van der Waals surface area (Å²) < 4.78 is 13.5. The maximum absolute atomic E-state index is 5.90. The van der Waals surface area contributed by atoms with Crippen molar-refractivity contribution in [2.24, 2.45) is 0 Å². The lowest BCUT2D eigenvalue weighted by molar-refractivity contribution is 0.0951. The van der Waals surface area contributed by atoms with Crippen LogP contribution in [0.2, 0.25) is 0 Å².